The molecule has 2 aromatic rings. The number of alkyl halides is 1. The molecule has 5 heteroatoms. The summed E-state index contributed by atoms with van der Waals surface area (Å²) >= 11 is 5.51. The van der Waals surface area contributed by atoms with E-state index in [2.05, 4.69) is 5.16 Å². The van der Waals surface area contributed by atoms with Gasteiger partial charge in [-0.15, -0.1) is 11.6 Å². The Morgan fingerprint density at radius 3 is 2.73 bits per heavy atom. The smallest absolute Gasteiger partial charge is 0.170 e. The van der Waals surface area contributed by atoms with Gasteiger partial charge in [-0.3, -0.25) is 0 Å². The van der Waals surface area contributed by atoms with Gasteiger partial charge in [0.1, 0.15) is 11.6 Å². The van der Waals surface area contributed by atoms with Crippen LogP contribution in [0, 0.1) is 11.6 Å². The summed E-state index contributed by atoms with van der Waals surface area (Å²) in [5.74, 6) is -0.757. The van der Waals surface area contributed by atoms with Crippen LogP contribution >= 0.6 is 11.6 Å². The molecule has 0 N–H and O–H groups in total. The molecule has 1 aromatic heterocycles. The minimum Gasteiger partial charge on any atom is -0.356 e. The van der Waals surface area contributed by atoms with Crippen molar-refractivity contribution in [2.24, 2.45) is 0 Å². The van der Waals surface area contributed by atoms with E-state index in [1.54, 1.807) is 0 Å². The molecule has 0 saturated carbocycles. The van der Waals surface area contributed by atoms with Gasteiger partial charge in [0.2, 0.25) is 0 Å². The highest BCUT2D eigenvalue weighted by Crippen LogP contribution is 2.24. The van der Waals surface area contributed by atoms with E-state index in [-0.39, 0.29) is 17.2 Å². The molecule has 0 aliphatic rings. The minimum absolute atomic E-state index is 0.0406. The van der Waals surface area contributed by atoms with Crippen LogP contribution < -0.4 is 0 Å². The summed E-state index contributed by atoms with van der Waals surface area (Å²) in [7, 11) is 0. The van der Waals surface area contributed by atoms with Crippen molar-refractivity contribution in [2.75, 3.05) is 0 Å². The third-order valence-electron chi connectivity index (χ3n) is 1.89. The van der Waals surface area contributed by atoms with Crippen LogP contribution in [-0.2, 0) is 5.88 Å². The molecule has 0 spiro atoms. The fourth-order valence-electron chi connectivity index (χ4n) is 1.19. The van der Waals surface area contributed by atoms with E-state index in [0.717, 1.165) is 18.2 Å². The van der Waals surface area contributed by atoms with Crippen LogP contribution in [0.15, 0.2) is 28.8 Å². The quantitative estimate of drug-likeness (QED) is 0.738. The monoisotopic (exact) mass is 229 g/mol. The third kappa shape index (κ3) is 1.99. The molecule has 0 radical (unpaired) electrons. The van der Waals surface area contributed by atoms with Crippen molar-refractivity contribution >= 4 is 11.6 Å². The number of aromatic nitrogens is 1. The van der Waals surface area contributed by atoms with Gasteiger partial charge in [-0.2, -0.15) is 0 Å². The lowest BCUT2D eigenvalue weighted by Gasteiger charge is -1.97. The zero-order chi connectivity index (χ0) is 10.8. The normalized spacial score (nSPS) is 10.6. The predicted molar refractivity (Wildman–Crippen MR) is 51.4 cm³/mol. The number of hydrogen-bond donors (Lipinski definition) is 0. The second-order valence-electron chi connectivity index (χ2n) is 2.94. The molecule has 2 rings (SSSR count). The van der Waals surface area contributed by atoms with Gasteiger partial charge in [-0.1, -0.05) is 5.16 Å². The molecule has 0 aliphatic heterocycles. The van der Waals surface area contributed by atoms with Gasteiger partial charge < -0.3 is 4.52 Å². The minimum atomic E-state index is -0.561. The average Bonchev–Trinajstić information content (AvgIpc) is 2.70. The summed E-state index contributed by atoms with van der Waals surface area (Å²) in [5, 5.41) is 3.59. The lowest BCUT2D eigenvalue weighted by Crippen LogP contribution is -1.84. The number of hydrogen-bond acceptors (Lipinski definition) is 2. The number of nitrogens with zero attached hydrogens (tertiary/aromatic N) is 1. The predicted octanol–water partition coefficient (Wildman–Crippen LogP) is 3.36. The summed E-state index contributed by atoms with van der Waals surface area (Å²) in [6.45, 7) is 0. The highest BCUT2D eigenvalue weighted by atomic mass is 35.5. The Morgan fingerprint density at radius 2 is 2.07 bits per heavy atom. The van der Waals surface area contributed by atoms with Crippen LogP contribution in [0.1, 0.15) is 5.69 Å². The maximum Gasteiger partial charge on any atom is 0.170 e. The van der Waals surface area contributed by atoms with Crippen molar-refractivity contribution < 1.29 is 13.3 Å². The second-order valence-corrected chi connectivity index (χ2v) is 3.21. The van der Waals surface area contributed by atoms with E-state index in [9.17, 15) is 8.78 Å². The Morgan fingerprint density at radius 1 is 1.27 bits per heavy atom. The standard InChI is InChI=1S/C10H6ClF2NO/c11-5-7-4-10(15-14-7)8-3-6(12)1-2-9(8)13/h1-4H,5H2. The van der Waals surface area contributed by atoms with Crippen molar-refractivity contribution in [3.63, 3.8) is 0 Å². The molecule has 1 aromatic carbocycles. The van der Waals surface area contributed by atoms with E-state index in [1.807, 2.05) is 0 Å². The zero-order valence-corrected chi connectivity index (χ0v) is 8.26. The molecule has 0 aliphatic carbocycles. The van der Waals surface area contributed by atoms with Gasteiger partial charge in [0, 0.05) is 6.07 Å². The fourth-order valence-corrected chi connectivity index (χ4v) is 1.31. The summed E-state index contributed by atoms with van der Waals surface area (Å²) in [6.07, 6.45) is 0. The van der Waals surface area contributed by atoms with Gasteiger partial charge in [-0.25, -0.2) is 8.78 Å². The SMILES string of the molecule is Fc1ccc(F)c(-c2cc(CCl)no2)c1. The summed E-state index contributed by atoms with van der Waals surface area (Å²) in [5.41, 5.74) is 0.522. The van der Waals surface area contributed by atoms with Crippen molar-refractivity contribution in [3.05, 3.63) is 41.6 Å². The fraction of sp³-hybridized carbons (Fsp3) is 0.100. The molecule has 2 nitrogen and oxygen atoms in total. The van der Waals surface area contributed by atoms with Gasteiger partial charge in [0.25, 0.3) is 0 Å². The summed E-state index contributed by atoms with van der Waals surface area (Å²) < 4.78 is 31.0. The molecule has 0 amide bonds. The molecule has 15 heavy (non-hydrogen) atoms. The van der Waals surface area contributed by atoms with E-state index >= 15 is 0 Å². The molecular formula is C10H6ClF2NO. The van der Waals surface area contributed by atoms with Crippen LogP contribution in [-0.4, -0.2) is 5.16 Å². The molecule has 0 bridgehead atoms. The Kier molecular flexibility index (Phi) is 2.68. The van der Waals surface area contributed by atoms with Crippen LogP contribution in [0.5, 0.6) is 0 Å². The first-order valence-corrected chi connectivity index (χ1v) is 4.71. The van der Waals surface area contributed by atoms with Crippen molar-refractivity contribution in [1.29, 1.82) is 0 Å². The number of benzene rings is 1. The molecule has 0 atom stereocenters. The number of halogens is 3. The topological polar surface area (TPSA) is 26.0 Å². The van der Waals surface area contributed by atoms with Gasteiger partial charge in [0.15, 0.2) is 5.76 Å². The lowest BCUT2D eigenvalue weighted by molar-refractivity contribution is 0.423. The average molecular weight is 230 g/mol. The molecule has 78 valence electrons. The molecule has 0 saturated heterocycles. The first-order valence-electron chi connectivity index (χ1n) is 4.17. The second kappa shape index (κ2) is 3.98. The van der Waals surface area contributed by atoms with Crippen LogP contribution in [0.3, 0.4) is 0 Å². The highest BCUT2D eigenvalue weighted by molar-refractivity contribution is 6.16. The summed E-state index contributed by atoms with van der Waals surface area (Å²) in [4.78, 5) is 0. The lowest BCUT2D eigenvalue weighted by atomic mass is 10.1. The van der Waals surface area contributed by atoms with Crippen molar-refractivity contribution in [2.45, 2.75) is 5.88 Å². The first kappa shape index (κ1) is 10.1. The highest BCUT2D eigenvalue weighted by Gasteiger charge is 2.11. The summed E-state index contributed by atoms with van der Waals surface area (Å²) in [6, 6.07) is 4.60. The Hall–Kier alpha value is -1.42. The zero-order valence-electron chi connectivity index (χ0n) is 7.51. The van der Waals surface area contributed by atoms with E-state index in [4.69, 9.17) is 16.1 Å². The number of rotatable bonds is 2. The van der Waals surface area contributed by atoms with Crippen LogP contribution in [0.25, 0.3) is 11.3 Å². The van der Waals surface area contributed by atoms with Gasteiger partial charge in [0.05, 0.1) is 17.1 Å². The van der Waals surface area contributed by atoms with E-state index < -0.39 is 11.6 Å². The molecular weight excluding hydrogens is 224 g/mol. The van der Waals surface area contributed by atoms with Crippen molar-refractivity contribution in [3.8, 4) is 11.3 Å². The van der Waals surface area contributed by atoms with Gasteiger partial charge >= 0.3 is 0 Å². The third-order valence-corrected chi connectivity index (χ3v) is 2.16. The Bertz CT molecular complexity index is 484. The maximum absolute atomic E-state index is 13.3. The van der Waals surface area contributed by atoms with Gasteiger partial charge in [-0.05, 0) is 18.2 Å². The van der Waals surface area contributed by atoms with Crippen LogP contribution in [0.4, 0.5) is 8.78 Å². The maximum atomic E-state index is 13.3. The first-order chi connectivity index (χ1) is 7.20. The largest absolute Gasteiger partial charge is 0.356 e. The molecule has 0 unspecified atom stereocenters. The molecule has 0 fully saturated rings. The van der Waals surface area contributed by atoms with E-state index in [1.165, 1.54) is 6.07 Å². The molecule has 1 heterocycles. The van der Waals surface area contributed by atoms with Crippen molar-refractivity contribution in [1.82, 2.24) is 5.16 Å². The van der Waals surface area contributed by atoms with E-state index in [0.29, 0.717) is 5.69 Å². The van der Waals surface area contributed by atoms with Crippen LogP contribution in [0.2, 0.25) is 0 Å². The Balaban J connectivity index is 2.48. The Labute approximate surface area is 89.5 Å².